The van der Waals surface area contributed by atoms with Gasteiger partial charge in [-0.2, -0.15) is 13.2 Å². The second-order valence-corrected chi connectivity index (χ2v) is 10.6. The Morgan fingerprint density at radius 3 is 2.17 bits per heavy atom. The highest BCUT2D eigenvalue weighted by molar-refractivity contribution is 5.96. The number of amides is 1. The van der Waals surface area contributed by atoms with Crippen molar-refractivity contribution >= 4 is 11.9 Å². The Kier molecular flexibility index (Phi) is 7.45. The quantitative estimate of drug-likeness (QED) is 0.322. The first kappa shape index (κ1) is 27.9. The summed E-state index contributed by atoms with van der Waals surface area (Å²) in [6.45, 7) is 3.97. The minimum Gasteiger partial charge on any atom is -0.453 e. The average molecular weight is 559 g/mol. The third-order valence-corrected chi connectivity index (χ3v) is 8.20. The third-order valence-electron chi connectivity index (χ3n) is 8.20. The van der Waals surface area contributed by atoms with Gasteiger partial charge in [0.1, 0.15) is 12.1 Å². The lowest BCUT2D eigenvalue weighted by Crippen LogP contribution is -2.66. The zero-order chi connectivity index (χ0) is 28.5. The maximum absolute atomic E-state index is 13.7. The van der Waals surface area contributed by atoms with Crippen LogP contribution >= 0.6 is 0 Å². The number of rotatable bonds is 8. The van der Waals surface area contributed by atoms with Crippen molar-refractivity contribution in [2.45, 2.75) is 37.6 Å². The first-order chi connectivity index (χ1) is 19.0. The number of aliphatic hydroxyl groups is 1. The molecule has 3 fully saturated rings. The molecule has 0 saturated carbocycles. The van der Waals surface area contributed by atoms with Gasteiger partial charge in [0.15, 0.2) is 6.10 Å². The molecular weight excluding hydrogens is 527 g/mol. The molecule has 3 aliphatic rings. The Hall–Kier alpha value is -3.70. The molecule has 0 spiro atoms. The minimum atomic E-state index is -4.83. The van der Waals surface area contributed by atoms with Gasteiger partial charge in [0.05, 0.1) is 31.9 Å². The summed E-state index contributed by atoms with van der Waals surface area (Å²) in [5.74, 6) is -2.92. The predicted molar refractivity (Wildman–Crippen MR) is 137 cm³/mol. The van der Waals surface area contributed by atoms with Gasteiger partial charge in [0.2, 0.25) is 5.60 Å². The van der Waals surface area contributed by atoms with E-state index in [4.69, 9.17) is 4.74 Å². The molecule has 40 heavy (non-hydrogen) atoms. The number of nitrogens with one attached hydrogen (secondary N) is 1. The molecular formula is C29H31F3N3O5+. The van der Waals surface area contributed by atoms with Crippen molar-refractivity contribution in [2.75, 3.05) is 32.7 Å². The van der Waals surface area contributed by atoms with Crippen LogP contribution in [0.5, 0.6) is 0 Å². The molecule has 1 aromatic heterocycles. The monoisotopic (exact) mass is 558 g/mol. The van der Waals surface area contributed by atoms with E-state index in [0.717, 1.165) is 25.9 Å². The summed E-state index contributed by atoms with van der Waals surface area (Å²) in [5.41, 5.74) is -1.92. The van der Waals surface area contributed by atoms with Crippen molar-refractivity contribution in [3.05, 3.63) is 88.8 Å². The molecule has 8 nitrogen and oxygen atoms in total. The molecule has 3 aliphatic heterocycles. The molecule has 212 valence electrons. The van der Waals surface area contributed by atoms with E-state index in [1.807, 2.05) is 0 Å². The van der Waals surface area contributed by atoms with Crippen LogP contribution in [0.3, 0.4) is 0 Å². The summed E-state index contributed by atoms with van der Waals surface area (Å²) in [5, 5.41) is 17.7. The number of fused-ring (bicyclic) bond motifs is 3. The third kappa shape index (κ3) is 5.23. The number of nitrogens with zero attached hydrogens (tertiary/aromatic N) is 2. The van der Waals surface area contributed by atoms with Crippen molar-refractivity contribution in [1.29, 1.82) is 0 Å². The van der Waals surface area contributed by atoms with E-state index in [9.17, 15) is 27.9 Å². The molecule has 2 bridgehead atoms. The van der Waals surface area contributed by atoms with Gasteiger partial charge in [-0.25, -0.2) is 4.79 Å². The Morgan fingerprint density at radius 2 is 1.62 bits per heavy atom. The second kappa shape index (κ2) is 10.7. The zero-order valence-corrected chi connectivity index (χ0v) is 22.0. The number of hydrogen-bond donors (Lipinski definition) is 2. The number of benzene rings is 2. The molecule has 1 amide bonds. The van der Waals surface area contributed by atoms with Gasteiger partial charge >= 0.3 is 12.1 Å². The van der Waals surface area contributed by atoms with E-state index in [0.29, 0.717) is 28.7 Å². The second-order valence-electron chi connectivity index (χ2n) is 10.6. The molecule has 0 aliphatic carbocycles. The van der Waals surface area contributed by atoms with Crippen LogP contribution in [0.1, 0.15) is 45.8 Å². The van der Waals surface area contributed by atoms with Crippen molar-refractivity contribution < 1.29 is 41.6 Å². The van der Waals surface area contributed by atoms with Crippen LogP contribution in [-0.4, -0.2) is 65.5 Å². The summed E-state index contributed by atoms with van der Waals surface area (Å²) in [4.78, 5) is 26.3. The summed E-state index contributed by atoms with van der Waals surface area (Å²) >= 11 is 0. The number of esters is 1. The smallest absolute Gasteiger partial charge is 0.453 e. The van der Waals surface area contributed by atoms with E-state index < -0.39 is 41.1 Å². The number of piperidine rings is 3. The number of carbonyl (C=O) groups is 2. The molecule has 4 heterocycles. The summed E-state index contributed by atoms with van der Waals surface area (Å²) < 4.78 is 50.6. The van der Waals surface area contributed by atoms with E-state index in [1.165, 1.54) is 6.92 Å². The average Bonchev–Trinajstić information content (AvgIpc) is 3.36. The number of aromatic nitrogens is 1. The Balaban J connectivity index is 1.27. The molecule has 3 aromatic rings. The van der Waals surface area contributed by atoms with Crippen LogP contribution in [0.25, 0.3) is 0 Å². The summed E-state index contributed by atoms with van der Waals surface area (Å²) in [6.07, 6.45) is -3.68. The number of quaternary nitrogens is 1. The van der Waals surface area contributed by atoms with Crippen LogP contribution in [0.4, 0.5) is 13.2 Å². The fourth-order valence-corrected chi connectivity index (χ4v) is 5.98. The van der Waals surface area contributed by atoms with E-state index in [1.54, 1.807) is 60.7 Å². The lowest BCUT2D eigenvalue weighted by atomic mass is 9.82. The molecule has 0 unspecified atom stereocenters. The van der Waals surface area contributed by atoms with Crippen molar-refractivity contribution in [2.24, 2.45) is 5.92 Å². The van der Waals surface area contributed by atoms with Gasteiger partial charge < -0.3 is 24.2 Å². The number of carbonyl (C=O) groups excluding carboxylic acids is 2. The van der Waals surface area contributed by atoms with Crippen molar-refractivity contribution in [3.63, 3.8) is 0 Å². The fraction of sp³-hybridized carbons (Fsp3) is 0.414. The molecule has 6 rings (SSSR count). The molecule has 3 saturated heterocycles. The molecule has 2 aromatic carbocycles. The van der Waals surface area contributed by atoms with Crippen molar-refractivity contribution in [3.8, 4) is 0 Å². The van der Waals surface area contributed by atoms with Crippen LogP contribution in [-0.2, 0) is 21.3 Å². The Labute approximate surface area is 229 Å². The number of aryl methyl sites for hydroxylation is 1. The minimum absolute atomic E-state index is 0.129. The lowest BCUT2D eigenvalue weighted by Gasteiger charge is -2.52. The molecule has 2 N–H and O–H groups in total. The standard InChI is InChI=1S/C29H30F3N3O5/c1-19-24(25(40-34-19)29(30,31)32)26(36)33-14-17-35-15-12-20(13-16-35)23(18-35)39-27(37)28(38,21-8-4-2-5-9-21)22-10-6-3-7-11-22/h2-11,20,23,38H,12-18H2,1H3/p+1/t20?,23-,35?/m0/s1. The van der Waals surface area contributed by atoms with Gasteiger partial charge in [-0.3, -0.25) is 4.79 Å². The van der Waals surface area contributed by atoms with Gasteiger partial charge in [-0.15, -0.1) is 0 Å². The number of halogens is 3. The Morgan fingerprint density at radius 1 is 1.05 bits per heavy atom. The first-order valence-corrected chi connectivity index (χ1v) is 13.2. The largest absolute Gasteiger partial charge is 0.453 e. The molecule has 11 heteroatoms. The highest BCUT2D eigenvalue weighted by atomic mass is 19.4. The van der Waals surface area contributed by atoms with Crippen molar-refractivity contribution in [1.82, 2.24) is 10.5 Å². The van der Waals surface area contributed by atoms with Gasteiger partial charge in [-0.1, -0.05) is 65.8 Å². The van der Waals surface area contributed by atoms with E-state index in [-0.39, 0.29) is 18.2 Å². The SMILES string of the molecule is Cc1noc(C(F)(F)F)c1C(=O)NCC[N+]12CCC(CC1)[C@@H](OC(=O)C(O)(c1ccccc1)c1ccccc1)C2. The predicted octanol–water partition coefficient (Wildman–Crippen LogP) is 3.82. The zero-order valence-electron chi connectivity index (χ0n) is 22.0. The van der Waals surface area contributed by atoms with Gasteiger partial charge in [-0.05, 0) is 18.1 Å². The van der Waals surface area contributed by atoms with Gasteiger partial charge in [0, 0.05) is 18.8 Å². The first-order valence-electron chi connectivity index (χ1n) is 13.2. The molecule has 1 atom stereocenters. The highest BCUT2D eigenvalue weighted by Gasteiger charge is 2.50. The highest BCUT2D eigenvalue weighted by Crippen LogP contribution is 2.38. The van der Waals surface area contributed by atoms with Crippen LogP contribution < -0.4 is 5.32 Å². The van der Waals surface area contributed by atoms with Crippen LogP contribution in [0.15, 0.2) is 65.2 Å². The fourth-order valence-electron chi connectivity index (χ4n) is 5.98. The van der Waals surface area contributed by atoms with Gasteiger partial charge in [0.25, 0.3) is 11.7 Å². The normalized spacial score (nSPS) is 22.6. The maximum atomic E-state index is 13.7. The van der Waals surface area contributed by atoms with E-state index in [2.05, 4.69) is 15.0 Å². The number of hydrogen-bond acceptors (Lipinski definition) is 6. The van der Waals surface area contributed by atoms with E-state index >= 15 is 0 Å². The number of ether oxygens (including phenoxy) is 1. The van der Waals surface area contributed by atoms with Crippen LogP contribution in [0.2, 0.25) is 0 Å². The number of alkyl halides is 3. The molecule has 0 radical (unpaired) electrons. The van der Waals surface area contributed by atoms with Crippen LogP contribution in [0, 0.1) is 12.8 Å². The summed E-state index contributed by atoms with van der Waals surface area (Å²) in [7, 11) is 0. The topological polar surface area (TPSA) is 102 Å². The lowest BCUT2D eigenvalue weighted by molar-refractivity contribution is -0.945. The Bertz CT molecular complexity index is 1310. The summed E-state index contributed by atoms with van der Waals surface area (Å²) in [6, 6.07) is 17.3. The maximum Gasteiger partial charge on any atom is 0.453 e.